The zero-order valence-corrected chi connectivity index (χ0v) is 18.7. The van der Waals surface area contributed by atoms with Crippen molar-refractivity contribution in [2.75, 3.05) is 51.7 Å². The van der Waals surface area contributed by atoms with Crippen LogP contribution in [0.25, 0.3) is 11.0 Å². The van der Waals surface area contributed by atoms with Crippen molar-refractivity contribution < 1.29 is 19.3 Å². The topological polar surface area (TPSA) is 65.0 Å². The van der Waals surface area contributed by atoms with Crippen LogP contribution in [0.2, 0.25) is 0 Å². The first-order valence-electron chi connectivity index (χ1n) is 11.1. The van der Waals surface area contributed by atoms with Gasteiger partial charge in [-0.05, 0) is 42.8 Å². The highest BCUT2D eigenvalue weighted by atomic mass is 16.5. The summed E-state index contributed by atoms with van der Waals surface area (Å²) in [4.78, 5) is 20.5. The first-order chi connectivity index (χ1) is 15.0. The Hall–Kier alpha value is -2.90. The van der Waals surface area contributed by atoms with Crippen LogP contribution >= 0.6 is 0 Å². The number of fused-ring (bicyclic) bond motifs is 1. The molecule has 0 bridgehead atoms. The van der Waals surface area contributed by atoms with Gasteiger partial charge in [-0.25, -0.2) is 4.98 Å². The minimum Gasteiger partial charge on any atom is -0.484 e. The van der Waals surface area contributed by atoms with E-state index in [1.54, 1.807) is 9.80 Å². The molecule has 7 heteroatoms. The number of quaternary nitrogens is 2. The number of benzene rings is 2. The van der Waals surface area contributed by atoms with Crippen molar-refractivity contribution in [1.82, 2.24) is 9.55 Å². The Bertz CT molecular complexity index is 1050. The number of ether oxygens (including phenoxy) is 1. The van der Waals surface area contributed by atoms with Crippen molar-refractivity contribution in [3.8, 4) is 5.75 Å². The number of carbonyl (C=O) groups excluding carboxylic acids is 1. The molecule has 0 saturated carbocycles. The van der Waals surface area contributed by atoms with Crippen molar-refractivity contribution in [3.05, 3.63) is 53.9 Å². The molecule has 31 heavy (non-hydrogen) atoms. The van der Waals surface area contributed by atoms with Crippen LogP contribution < -0.4 is 19.9 Å². The minimum atomic E-state index is -0.183. The molecule has 1 aliphatic rings. The van der Waals surface area contributed by atoms with Crippen LogP contribution in [-0.4, -0.2) is 61.8 Å². The fraction of sp³-hybridized carbons (Fsp3) is 0.417. The minimum absolute atomic E-state index is 0.0233. The fourth-order valence-electron chi connectivity index (χ4n) is 4.17. The van der Waals surface area contributed by atoms with Gasteiger partial charge in [-0.15, -0.1) is 0 Å². The predicted molar refractivity (Wildman–Crippen MR) is 122 cm³/mol. The number of imidazole rings is 1. The van der Waals surface area contributed by atoms with Crippen molar-refractivity contribution >= 4 is 22.6 Å². The van der Waals surface area contributed by atoms with E-state index < -0.39 is 0 Å². The standard InChI is InChI=1S/C24H31N5O2/c1-18-5-4-6-20(15-18)31-17-24(30)25-19-7-8-22-21(16-19)26-23(28(22)3)9-10-29-13-11-27(2)12-14-29/h4-8,15-16H,9-14,17H2,1-3H3,(H,25,30)/p+2. The van der Waals surface area contributed by atoms with Crippen LogP contribution in [0.3, 0.4) is 0 Å². The van der Waals surface area contributed by atoms with Crippen molar-refractivity contribution in [2.24, 2.45) is 7.05 Å². The molecule has 1 amide bonds. The van der Waals surface area contributed by atoms with Crippen LogP contribution in [0.15, 0.2) is 42.5 Å². The molecule has 1 aromatic heterocycles. The van der Waals surface area contributed by atoms with Gasteiger partial charge in [0.15, 0.2) is 6.61 Å². The normalized spacial score (nSPS) is 18.8. The third kappa shape index (κ3) is 5.42. The summed E-state index contributed by atoms with van der Waals surface area (Å²) in [5, 5.41) is 2.92. The van der Waals surface area contributed by atoms with Gasteiger partial charge >= 0.3 is 0 Å². The molecule has 1 aliphatic heterocycles. The van der Waals surface area contributed by atoms with Gasteiger partial charge in [0, 0.05) is 12.7 Å². The molecule has 3 aromatic rings. The van der Waals surface area contributed by atoms with Crippen LogP contribution in [0.1, 0.15) is 11.4 Å². The number of hydrogen-bond acceptors (Lipinski definition) is 3. The summed E-state index contributed by atoms with van der Waals surface area (Å²) in [6.07, 6.45) is 0.964. The molecule has 7 nitrogen and oxygen atoms in total. The number of piperazine rings is 1. The number of carbonyl (C=O) groups is 1. The van der Waals surface area contributed by atoms with Gasteiger partial charge in [-0.3, -0.25) is 4.79 Å². The second-order valence-electron chi connectivity index (χ2n) is 8.65. The fourth-order valence-corrected chi connectivity index (χ4v) is 4.17. The molecule has 0 aliphatic carbocycles. The lowest BCUT2D eigenvalue weighted by Crippen LogP contribution is -3.27. The van der Waals surface area contributed by atoms with E-state index in [2.05, 4.69) is 24.0 Å². The van der Waals surface area contributed by atoms with Gasteiger partial charge in [0.2, 0.25) is 0 Å². The summed E-state index contributed by atoms with van der Waals surface area (Å²) in [5.41, 5.74) is 3.84. The number of nitrogens with zero attached hydrogens (tertiary/aromatic N) is 2. The molecule has 164 valence electrons. The highest BCUT2D eigenvalue weighted by Gasteiger charge is 2.20. The molecule has 1 saturated heterocycles. The Kier molecular flexibility index (Phi) is 6.53. The lowest BCUT2D eigenvalue weighted by molar-refractivity contribution is -1.00. The molecule has 0 atom stereocenters. The van der Waals surface area contributed by atoms with E-state index in [-0.39, 0.29) is 12.5 Å². The molecule has 3 N–H and O–H groups in total. The molecule has 2 heterocycles. The molecular weight excluding hydrogens is 390 g/mol. The first kappa shape index (κ1) is 21.3. The molecule has 2 aromatic carbocycles. The quantitative estimate of drug-likeness (QED) is 0.496. The predicted octanol–water partition coefficient (Wildman–Crippen LogP) is -0.145. The lowest BCUT2D eigenvalue weighted by atomic mass is 10.2. The van der Waals surface area contributed by atoms with E-state index in [4.69, 9.17) is 9.72 Å². The van der Waals surface area contributed by atoms with E-state index in [0.29, 0.717) is 5.75 Å². The summed E-state index contributed by atoms with van der Waals surface area (Å²) < 4.78 is 7.76. The maximum atomic E-state index is 12.3. The van der Waals surface area contributed by atoms with Gasteiger partial charge in [0.1, 0.15) is 37.8 Å². The Morgan fingerprint density at radius 1 is 1.16 bits per heavy atom. The van der Waals surface area contributed by atoms with Gasteiger partial charge < -0.3 is 24.4 Å². The van der Waals surface area contributed by atoms with E-state index in [9.17, 15) is 4.79 Å². The van der Waals surface area contributed by atoms with Crippen LogP contribution in [-0.2, 0) is 18.3 Å². The first-order valence-corrected chi connectivity index (χ1v) is 11.1. The molecule has 0 radical (unpaired) electrons. The number of likely N-dealkylation sites (N-methyl/N-ethyl adjacent to an activating group) is 1. The second kappa shape index (κ2) is 9.49. The summed E-state index contributed by atoms with van der Waals surface area (Å²) >= 11 is 0. The van der Waals surface area contributed by atoms with Crippen molar-refractivity contribution in [2.45, 2.75) is 13.3 Å². The summed E-state index contributed by atoms with van der Waals surface area (Å²) in [6, 6.07) is 13.6. The smallest absolute Gasteiger partial charge is 0.262 e. The zero-order valence-electron chi connectivity index (χ0n) is 18.7. The Labute approximate surface area is 183 Å². The largest absolute Gasteiger partial charge is 0.484 e. The maximum absolute atomic E-state index is 12.3. The number of rotatable bonds is 7. The highest BCUT2D eigenvalue weighted by molar-refractivity contribution is 5.94. The average Bonchev–Trinajstić information content (AvgIpc) is 3.07. The lowest BCUT2D eigenvalue weighted by Gasteiger charge is -2.27. The van der Waals surface area contributed by atoms with Gasteiger partial charge in [-0.1, -0.05) is 12.1 Å². The summed E-state index contributed by atoms with van der Waals surface area (Å²) in [5.74, 6) is 1.61. The SMILES string of the molecule is Cc1cccc(OCC(=O)Nc2ccc3c(c2)nc(CC[NH+]2CC[NH+](C)CC2)n3C)c1. The van der Waals surface area contributed by atoms with E-state index in [1.807, 2.05) is 49.4 Å². The third-order valence-electron chi connectivity index (χ3n) is 6.13. The number of amides is 1. The molecule has 0 spiro atoms. The highest BCUT2D eigenvalue weighted by Crippen LogP contribution is 2.20. The molecular formula is C24H33N5O2+2. The number of aromatic nitrogens is 2. The van der Waals surface area contributed by atoms with Crippen molar-refractivity contribution in [1.29, 1.82) is 0 Å². The Morgan fingerprint density at radius 3 is 2.74 bits per heavy atom. The maximum Gasteiger partial charge on any atom is 0.262 e. The molecule has 1 fully saturated rings. The van der Waals surface area contributed by atoms with E-state index >= 15 is 0 Å². The molecule has 4 rings (SSSR count). The van der Waals surface area contributed by atoms with E-state index in [1.165, 1.54) is 26.2 Å². The monoisotopic (exact) mass is 423 g/mol. The number of anilines is 1. The van der Waals surface area contributed by atoms with Crippen LogP contribution in [0.4, 0.5) is 5.69 Å². The summed E-state index contributed by atoms with van der Waals surface area (Å²) in [7, 11) is 4.34. The Balaban J connectivity index is 1.35. The van der Waals surface area contributed by atoms with E-state index in [0.717, 1.165) is 41.1 Å². The zero-order chi connectivity index (χ0) is 21.8. The second-order valence-corrected chi connectivity index (χ2v) is 8.65. The summed E-state index contributed by atoms with van der Waals surface area (Å²) in [6.45, 7) is 8.04. The number of aryl methyl sites for hydroxylation is 2. The average molecular weight is 424 g/mol. The number of nitrogens with one attached hydrogen (secondary N) is 3. The van der Waals surface area contributed by atoms with Crippen molar-refractivity contribution in [3.63, 3.8) is 0 Å². The van der Waals surface area contributed by atoms with Crippen LogP contribution in [0.5, 0.6) is 5.75 Å². The van der Waals surface area contributed by atoms with Crippen LogP contribution in [0, 0.1) is 6.92 Å². The number of hydrogen-bond donors (Lipinski definition) is 3. The Morgan fingerprint density at radius 2 is 1.97 bits per heavy atom. The van der Waals surface area contributed by atoms with Gasteiger partial charge in [0.05, 0.1) is 31.0 Å². The molecule has 0 unspecified atom stereocenters. The van der Waals surface area contributed by atoms with Gasteiger partial charge in [-0.2, -0.15) is 0 Å². The third-order valence-corrected chi connectivity index (χ3v) is 6.13. The van der Waals surface area contributed by atoms with Gasteiger partial charge in [0.25, 0.3) is 5.91 Å².